The molecule has 8 heteroatoms. The van der Waals surface area contributed by atoms with Gasteiger partial charge in [0, 0.05) is 12.1 Å². The van der Waals surface area contributed by atoms with Gasteiger partial charge in [-0.25, -0.2) is 26.3 Å². The maximum absolute atomic E-state index is 13.9. The third-order valence-electron chi connectivity index (χ3n) is 3.60. The highest BCUT2D eigenvalue weighted by Gasteiger charge is 2.22. The normalized spacial score (nSPS) is 13.0. The maximum atomic E-state index is 13.9. The number of hydrogen-bond donors (Lipinski definition) is 1. The number of thioether (sulfide) groups is 1. The second-order valence-electron chi connectivity index (χ2n) is 5.47. The van der Waals surface area contributed by atoms with Crippen LogP contribution in [-0.2, 0) is 16.4 Å². The average Bonchev–Trinajstić information content (AvgIpc) is 2.58. The first-order valence-corrected chi connectivity index (χ1v) is 10.4. The van der Waals surface area contributed by atoms with Crippen LogP contribution in [0.1, 0.15) is 12.0 Å². The van der Waals surface area contributed by atoms with Crippen LogP contribution < -0.4 is 4.72 Å². The minimum atomic E-state index is -3.79. The second-order valence-corrected chi connectivity index (χ2v) is 8.17. The Balaban J connectivity index is 2.23. The van der Waals surface area contributed by atoms with E-state index in [9.17, 15) is 21.6 Å². The third-order valence-corrected chi connectivity index (χ3v) is 5.78. The summed E-state index contributed by atoms with van der Waals surface area (Å²) in [5.41, 5.74) is -0.0687. The standard InChI is InChI=1S/C17H18F3NO2S2/c1-24-8-7-13(9-12-10-16(19)17(20)11-15(12)18)21-25(22,23)14-5-3-2-4-6-14/h2-6,10-11,13,21H,7-9H2,1H3/t13-/m0/s1. The van der Waals surface area contributed by atoms with Gasteiger partial charge in [0.25, 0.3) is 0 Å². The smallest absolute Gasteiger partial charge is 0.208 e. The first-order valence-electron chi connectivity index (χ1n) is 7.53. The van der Waals surface area contributed by atoms with Gasteiger partial charge in [-0.15, -0.1) is 0 Å². The molecule has 3 nitrogen and oxygen atoms in total. The molecule has 1 atom stereocenters. The van der Waals surface area contributed by atoms with Gasteiger partial charge in [0.05, 0.1) is 4.90 Å². The highest BCUT2D eigenvalue weighted by atomic mass is 32.2. The van der Waals surface area contributed by atoms with Crippen LogP contribution in [0.5, 0.6) is 0 Å². The molecule has 0 aliphatic rings. The maximum Gasteiger partial charge on any atom is 0.240 e. The summed E-state index contributed by atoms with van der Waals surface area (Å²) in [5, 5.41) is 0. The Morgan fingerprint density at radius 2 is 1.68 bits per heavy atom. The molecule has 136 valence electrons. The van der Waals surface area contributed by atoms with Crippen molar-refractivity contribution in [3.63, 3.8) is 0 Å². The molecule has 2 aromatic rings. The molecule has 0 aliphatic carbocycles. The first-order chi connectivity index (χ1) is 11.8. The monoisotopic (exact) mass is 389 g/mol. The summed E-state index contributed by atoms with van der Waals surface area (Å²) in [6, 6.07) is 8.40. The van der Waals surface area contributed by atoms with Gasteiger partial charge in [0.1, 0.15) is 5.82 Å². The molecule has 25 heavy (non-hydrogen) atoms. The molecule has 0 radical (unpaired) electrons. The number of halogens is 3. The minimum Gasteiger partial charge on any atom is -0.208 e. The Hall–Kier alpha value is -1.51. The van der Waals surface area contributed by atoms with Crippen LogP contribution in [0.4, 0.5) is 13.2 Å². The molecule has 0 saturated carbocycles. The Labute approximate surface area is 149 Å². The van der Waals surface area contributed by atoms with Gasteiger partial charge in [-0.3, -0.25) is 0 Å². The Morgan fingerprint density at radius 3 is 2.32 bits per heavy atom. The van der Waals surface area contributed by atoms with Crippen molar-refractivity contribution < 1.29 is 21.6 Å². The highest BCUT2D eigenvalue weighted by Crippen LogP contribution is 2.18. The van der Waals surface area contributed by atoms with Gasteiger partial charge in [-0.05, 0) is 48.6 Å². The fourth-order valence-electron chi connectivity index (χ4n) is 2.34. The molecule has 2 rings (SSSR count). The predicted molar refractivity (Wildman–Crippen MR) is 93.6 cm³/mol. The van der Waals surface area contributed by atoms with E-state index < -0.39 is 33.5 Å². The van der Waals surface area contributed by atoms with Crippen molar-refractivity contribution in [2.45, 2.75) is 23.8 Å². The van der Waals surface area contributed by atoms with Gasteiger partial charge >= 0.3 is 0 Å². The van der Waals surface area contributed by atoms with E-state index in [0.29, 0.717) is 18.2 Å². The van der Waals surface area contributed by atoms with E-state index in [4.69, 9.17) is 0 Å². The lowest BCUT2D eigenvalue weighted by Crippen LogP contribution is -2.37. The summed E-state index contributed by atoms with van der Waals surface area (Å²) in [7, 11) is -3.79. The van der Waals surface area contributed by atoms with Crippen LogP contribution in [0.25, 0.3) is 0 Å². The SMILES string of the molecule is CSCC[C@@H](Cc1cc(F)c(F)cc1F)NS(=O)(=O)c1ccccc1. The molecule has 0 aromatic heterocycles. The molecule has 1 N–H and O–H groups in total. The zero-order valence-corrected chi connectivity index (χ0v) is 15.1. The first kappa shape index (κ1) is 19.8. The van der Waals surface area contributed by atoms with E-state index >= 15 is 0 Å². The second kappa shape index (κ2) is 8.73. The molecule has 0 amide bonds. The van der Waals surface area contributed by atoms with Crippen LogP contribution >= 0.6 is 11.8 Å². The molecule has 0 unspecified atom stereocenters. The van der Waals surface area contributed by atoms with Crippen LogP contribution in [0.2, 0.25) is 0 Å². The number of hydrogen-bond acceptors (Lipinski definition) is 3. The van der Waals surface area contributed by atoms with Gasteiger partial charge in [-0.2, -0.15) is 11.8 Å². The molecule has 0 spiro atoms. The van der Waals surface area contributed by atoms with Gasteiger partial charge in [0.2, 0.25) is 10.0 Å². The molecule has 0 aliphatic heterocycles. The van der Waals surface area contributed by atoms with E-state index in [1.165, 1.54) is 23.9 Å². The molecule has 0 fully saturated rings. The van der Waals surface area contributed by atoms with Crippen molar-refractivity contribution in [3.8, 4) is 0 Å². The van der Waals surface area contributed by atoms with Crippen LogP contribution in [-0.4, -0.2) is 26.5 Å². The van der Waals surface area contributed by atoms with E-state index in [1.807, 2.05) is 6.26 Å². The summed E-state index contributed by atoms with van der Waals surface area (Å²) < 4.78 is 67.8. The average molecular weight is 389 g/mol. The number of sulfonamides is 1. The molecule has 0 bridgehead atoms. The van der Waals surface area contributed by atoms with Crippen LogP contribution in [0, 0.1) is 17.5 Å². The molecule has 2 aromatic carbocycles. The predicted octanol–water partition coefficient (Wildman–Crippen LogP) is 3.75. The van der Waals surface area contributed by atoms with Gasteiger partial charge in [0.15, 0.2) is 11.6 Å². The van der Waals surface area contributed by atoms with E-state index in [2.05, 4.69) is 4.72 Å². The zero-order valence-electron chi connectivity index (χ0n) is 13.5. The Kier molecular flexibility index (Phi) is 6.92. The highest BCUT2D eigenvalue weighted by molar-refractivity contribution is 7.98. The van der Waals surface area contributed by atoms with E-state index in [-0.39, 0.29) is 16.9 Å². The quantitative estimate of drug-likeness (QED) is 0.700. The third kappa shape index (κ3) is 5.49. The molecule has 0 saturated heterocycles. The largest absolute Gasteiger partial charge is 0.240 e. The Bertz CT molecular complexity index is 814. The summed E-state index contributed by atoms with van der Waals surface area (Å²) in [4.78, 5) is 0.0925. The molecular formula is C17H18F3NO2S2. The van der Waals surface area contributed by atoms with Crippen molar-refractivity contribution in [3.05, 3.63) is 65.5 Å². The number of rotatable bonds is 8. The van der Waals surface area contributed by atoms with Crippen molar-refractivity contribution in [2.75, 3.05) is 12.0 Å². The van der Waals surface area contributed by atoms with Crippen LogP contribution in [0.15, 0.2) is 47.4 Å². The van der Waals surface area contributed by atoms with Crippen molar-refractivity contribution in [1.29, 1.82) is 0 Å². The summed E-state index contributed by atoms with van der Waals surface area (Å²) >= 11 is 1.51. The van der Waals surface area contributed by atoms with Crippen molar-refractivity contribution in [1.82, 2.24) is 4.72 Å². The summed E-state index contributed by atoms with van der Waals surface area (Å²) in [6.45, 7) is 0. The zero-order chi connectivity index (χ0) is 18.4. The minimum absolute atomic E-state index is 0.0687. The van der Waals surface area contributed by atoms with E-state index in [0.717, 1.165) is 6.07 Å². The number of nitrogens with one attached hydrogen (secondary N) is 1. The molecular weight excluding hydrogens is 371 g/mol. The van der Waals surface area contributed by atoms with Crippen molar-refractivity contribution in [2.24, 2.45) is 0 Å². The molecule has 0 heterocycles. The van der Waals surface area contributed by atoms with Gasteiger partial charge < -0.3 is 0 Å². The van der Waals surface area contributed by atoms with E-state index in [1.54, 1.807) is 18.2 Å². The lowest BCUT2D eigenvalue weighted by Gasteiger charge is -2.19. The van der Waals surface area contributed by atoms with Gasteiger partial charge in [-0.1, -0.05) is 18.2 Å². The fraction of sp³-hybridized carbons (Fsp3) is 0.294. The lowest BCUT2D eigenvalue weighted by atomic mass is 10.0. The summed E-state index contributed by atoms with van der Waals surface area (Å²) in [5.74, 6) is -2.70. The number of benzene rings is 2. The summed E-state index contributed by atoms with van der Waals surface area (Å²) in [6.07, 6.45) is 2.21. The topological polar surface area (TPSA) is 46.2 Å². The fourth-order valence-corrected chi connectivity index (χ4v) is 4.15. The van der Waals surface area contributed by atoms with Crippen molar-refractivity contribution >= 4 is 21.8 Å². The van der Waals surface area contributed by atoms with Crippen LogP contribution in [0.3, 0.4) is 0 Å². The Morgan fingerprint density at radius 1 is 1.04 bits per heavy atom. The lowest BCUT2D eigenvalue weighted by molar-refractivity contribution is 0.482.